The maximum Gasteiger partial charge on any atom is 0.271 e. The lowest BCUT2D eigenvalue weighted by atomic mass is 10.0. The highest BCUT2D eigenvalue weighted by Gasteiger charge is 2.44. The number of aliphatic hydroxyl groups is 1. The predicted molar refractivity (Wildman–Crippen MR) is 108 cm³/mol. The van der Waals surface area contributed by atoms with Gasteiger partial charge in [0.2, 0.25) is 11.5 Å². The van der Waals surface area contributed by atoms with Crippen LogP contribution in [0.3, 0.4) is 0 Å². The fraction of sp³-hybridized carbons (Fsp3) is 0.333. The van der Waals surface area contributed by atoms with Crippen LogP contribution in [0.2, 0.25) is 0 Å². The number of carbonyl (C=O) groups is 3. The molecule has 31 heavy (non-hydrogen) atoms. The standard InChI is InChI=1S/C21H20FN5O4/c1-26-8-7-21(31,20(26)30)6-5-12-3-2-4-13(9-12)27-11-16(17(25-27)18(23)28)24-19(29)14-10-15(14)22/h2-4,9,11,14-15,31H,7-8,10H2,1H3,(H2,23,28)(H,24,29)/t14-,15-,21+/m1/s1. The summed E-state index contributed by atoms with van der Waals surface area (Å²) in [4.78, 5) is 37.3. The minimum absolute atomic E-state index is 0.0852. The second-order valence-electron chi connectivity index (χ2n) is 7.68. The van der Waals surface area contributed by atoms with E-state index in [1.165, 1.54) is 15.8 Å². The summed E-state index contributed by atoms with van der Waals surface area (Å²) >= 11 is 0. The Kier molecular flexibility index (Phi) is 4.99. The molecule has 4 rings (SSSR count). The van der Waals surface area contributed by atoms with Gasteiger partial charge < -0.3 is 21.1 Å². The van der Waals surface area contributed by atoms with Gasteiger partial charge in [-0.25, -0.2) is 9.07 Å². The van der Waals surface area contributed by atoms with Crippen LogP contribution in [0.15, 0.2) is 30.5 Å². The molecular formula is C21H20FN5O4. The van der Waals surface area contributed by atoms with E-state index in [1.807, 2.05) is 0 Å². The van der Waals surface area contributed by atoms with Crippen LogP contribution in [-0.2, 0) is 9.59 Å². The quantitative estimate of drug-likeness (QED) is 0.603. The van der Waals surface area contributed by atoms with E-state index < -0.39 is 35.4 Å². The van der Waals surface area contributed by atoms with Crippen LogP contribution in [0.5, 0.6) is 0 Å². The van der Waals surface area contributed by atoms with Crippen LogP contribution in [-0.4, -0.2) is 62.9 Å². The summed E-state index contributed by atoms with van der Waals surface area (Å²) in [7, 11) is 1.60. The number of hydrogen-bond acceptors (Lipinski definition) is 5. The number of aromatic nitrogens is 2. The molecule has 1 aromatic heterocycles. The van der Waals surface area contributed by atoms with E-state index in [1.54, 1.807) is 31.3 Å². The first kappa shape index (κ1) is 20.6. The molecule has 10 heteroatoms. The van der Waals surface area contributed by atoms with Gasteiger partial charge in [0.05, 0.1) is 23.5 Å². The number of hydrogen-bond donors (Lipinski definition) is 3. The number of likely N-dealkylation sites (N-methyl/N-ethyl adjacent to an activating group) is 1. The topological polar surface area (TPSA) is 131 Å². The maximum atomic E-state index is 13.1. The highest BCUT2D eigenvalue weighted by atomic mass is 19.1. The zero-order chi connectivity index (χ0) is 22.3. The van der Waals surface area contributed by atoms with Crippen molar-refractivity contribution in [3.05, 3.63) is 41.7 Å². The van der Waals surface area contributed by atoms with Crippen molar-refractivity contribution in [1.82, 2.24) is 14.7 Å². The van der Waals surface area contributed by atoms with E-state index in [2.05, 4.69) is 22.3 Å². The average Bonchev–Trinajstić information content (AvgIpc) is 3.23. The zero-order valence-corrected chi connectivity index (χ0v) is 16.6. The first-order chi connectivity index (χ1) is 14.7. The van der Waals surface area contributed by atoms with Crippen molar-refractivity contribution in [1.29, 1.82) is 0 Å². The Morgan fingerprint density at radius 2 is 2.16 bits per heavy atom. The third kappa shape index (κ3) is 4.00. The number of anilines is 1. The lowest BCUT2D eigenvalue weighted by Gasteiger charge is -2.13. The number of nitrogens with zero attached hydrogens (tertiary/aromatic N) is 3. The average molecular weight is 425 g/mol. The summed E-state index contributed by atoms with van der Waals surface area (Å²) < 4.78 is 14.5. The van der Waals surface area contributed by atoms with Gasteiger partial charge in [-0.1, -0.05) is 17.9 Å². The number of benzene rings is 1. The lowest BCUT2D eigenvalue weighted by molar-refractivity contribution is -0.137. The van der Waals surface area contributed by atoms with Crippen molar-refractivity contribution < 1.29 is 23.9 Å². The van der Waals surface area contributed by atoms with E-state index >= 15 is 0 Å². The molecule has 2 aliphatic rings. The van der Waals surface area contributed by atoms with E-state index in [0.29, 0.717) is 17.8 Å². The highest BCUT2D eigenvalue weighted by molar-refractivity contribution is 6.02. The Morgan fingerprint density at radius 3 is 2.77 bits per heavy atom. The van der Waals surface area contributed by atoms with Crippen LogP contribution in [0.25, 0.3) is 5.69 Å². The molecule has 160 valence electrons. The van der Waals surface area contributed by atoms with Gasteiger partial charge in [-0.2, -0.15) is 5.10 Å². The van der Waals surface area contributed by atoms with Gasteiger partial charge in [0.25, 0.3) is 11.8 Å². The molecule has 4 N–H and O–H groups in total. The number of rotatable bonds is 4. The van der Waals surface area contributed by atoms with Crippen LogP contribution >= 0.6 is 0 Å². The van der Waals surface area contributed by atoms with Crippen LogP contribution < -0.4 is 11.1 Å². The minimum atomic E-state index is -1.72. The molecule has 0 spiro atoms. The smallest absolute Gasteiger partial charge is 0.271 e. The first-order valence-corrected chi connectivity index (χ1v) is 9.64. The molecule has 1 aromatic carbocycles. The molecule has 2 fully saturated rings. The molecule has 3 amide bonds. The van der Waals surface area contributed by atoms with Gasteiger partial charge in [0, 0.05) is 25.6 Å². The number of likely N-dealkylation sites (tertiary alicyclic amines) is 1. The summed E-state index contributed by atoms with van der Waals surface area (Å²) in [5, 5.41) is 17.1. The van der Waals surface area contributed by atoms with Gasteiger partial charge in [-0.15, -0.1) is 0 Å². The summed E-state index contributed by atoms with van der Waals surface area (Å²) in [6.45, 7) is 0.422. The molecule has 1 aliphatic carbocycles. The molecule has 0 radical (unpaired) electrons. The Labute approximate surface area is 177 Å². The Balaban J connectivity index is 1.60. The first-order valence-electron chi connectivity index (χ1n) is 9.64. The van der Waals surface area contributed by atoms with Crippen LogP contribution in [0.4, 0.5) is 10.1 Å². The van der Waals surface area contributed by atoms with Crippen LogP contribution in [0, 0.1) is 17.8 Å². The molecular weight excluding hydrogens is 405 g/mol. The Hall–Kier alpha value is -3.71. The third-order valence-electron chi connectivity index (χ3n) is 5.29. The molecule has 0 unspecified atom stereocenters. The second-order valence-corrected chi connectivity index (χ2v) is 7.68. The number of nitrogens with one attached hydrogen (secondary N) is 1. The van der Waals surface area contributed by atoms with Gasteiger partial charge >= 0.3 is 0 Å². The normalized spacial score (nSPS) is 24.5. The number of primary amides is 1. The third-order valence-corrected chi connectivity index (χ3v) is 5.29. The number of halogens is 1. The molecule has 1 aliphatic heterocycles. The highest BCUT2D eigenvalue weighted by Crippen LogP contribution is 2.35. The maximum absolute atomic E-state index is 13.1. The summed E-state index contributed by atoms with van der Waals surface area (Å²) in [5.41, 5.74) is 4.58. The number of carbonyl (C=O) groups excluding carboxylic acids is 3. The summed E-state index contributed by atoms with van der Waals surface area (Å²) in [6.07, 6.45) is 0.601. The number of amides is 3. The van der Waals surface area contributed by atoms with E-state index in [-0.39, 0.29) is 24.2 Å². The van der Waals surface area contributed by atoms with E-state index in [0.717, 1.165) is 0 Å². The zero-order valence-electron chi connectivity index (χ0n) is 16.6. The van der Waals surface area contributed by atoms with Gasteiger partial charge in [0.1, 0.15) is 6.17 Å². The van der Waals surface area contributed by atoms with Crippen molar-refractivity contribution in [2.45, 2.75) is 24.6 Å². The van der Waals surface area contributed by atoms with Gasteiger partial charge in [0.15, 0.2) is 5.69 Å². The largest absolute Gasteiger partial charge is 0.369 e. The molecule has 0 bridgehead atoms. The minimum Gasteiger partial charge on any atom is -0.369 e. The van der Waals surface area contributed by atoms with Gasteiger partial charge in [-0.3, -0.25) is 14.4 Å². The molecule has 2 heterocycles. The SMILES string of the molecule is CN1CC[C@@](O)(C#Cc2cccc(-n3cc(NC(=O)[C@@H]4C[C@H]4F)c(C(N)=O)n3)c2)C1=O. The van der Waals surface area contributed by atoms with E-state index in [4.69, 9.17) is 5.73 Å². The summed E-state index contributed by atoms with van der Waals surface area (Å²) in [6, 6.07) is 6.71. The van der Waals surface area contributed by atoms with Crippen molar-refractivity contribution in [3.8, 4) is 17.5 Å². The summed E-state index contributed by atoms with van der Waals surface area (Å²) in [5.74, 6) is 2.88. The fourth-order valence-corrected chi connectivity index (χ4v) is 3.31. The molecule has 9 nitrogen and oxygen atoms in total. The fourth-order valence-electron chi connectivity index (χ4n) is 3.31. The predicted octanol–water partition coefficient (Wildman–Crippen LogP) is 0.212. The Morgan fingerprint density at radius 1 is 1.42 bits per heavy atom. The molecule has 3 atom stereocenters. The van der Waals surface area contributed by atoms with Crippen molar-refractivity contribution >= 4 is 23.4 Å². The van der Waals surface area contributed by atoms with Gasteiger partial charge in [-0.05, 0) is 24.6 Å². The van der Waals surface area contributed by atoms with Crippen molar-refractivity contribution in [2.24, 2.45) is 11.7 Å². The molecule has 1 saturated heterocycles. The van der Waals surface area contributed by atoms with Crippen molar-refractivity contribution in [3.63, 3.8) is 0 Å². The van der Waals surface area contributed by atoms with Crippen LogP contribution in [0.1, 0.15) is 28.9 Å². The lowest BCUT2D eigenvalue weighted by Crippen LogP contribution is -2.37. The second kappa shape index (κ2) is 7.52. The number of alkyl halides is 1. The van der Waals surface area contributed by atoms with Crippen molar-refractivity contribution in [2.75, 3.05) is 18.9 Å². The van der Waals surface area contributed by atoms with E-state index in [9.17, 15) is 23.9 Å². The molecule has 2 aromatic rings. The Bertz CT molecular complexity index is 1150. The molecule has 1 saturated carbocycles. The monoisotopic (exact) mass is 425 g/mol. The number of nitrogens with two attached hydrogens (primary N) is 1.